The molecular formula is C20H18FN7O. The molecule has 0 saturated carbocycles. The highest BCUT2D eigenvalue weighted by molar-refractivity contribution is 5.94. The molecule has 0 unspecified atom stereocenters. The maximum absolute atomic E-state index is 14.9. The van der Waals surface area contributed by atoms with E-state index in [1.165, 1.54) is 6.07 Å². The Kier molecular flexibility index (Phi) is 4.09. The third-order valence-electron chi connectivity index (χ3n) is 5.05. The van der Waals surface area contributed by atoms with Crippen molar-refractivity contribution in [2.45, 2.75) is 13.0 Å². The summed E-state index contributed by atoms with van der Waals surface area (Å²) in [6, 6.07) is 6.57. The van der Waals surface area contributed by atoms with E-state index in [1.54, 1.807) is 29.1 Å². The number of carbonyl (C=O) groups excluding carboxylic acids is 1. The van der Waals surface area contributed by atoms with E-state index < -0.39 is 5.82 Å². The molecule has 1 aliphatic rings. The number of benzene rings is 1. The summed E-state index contributed by atoms with van der Waals surface area (Å²) < 4.78 is 16.5. The smallest absolute Gasteiger partial charge is 0.269 e. The van der Waals surface area contributed by atoms with Crippen molar-refractivity contribution in [1.82, 2.24) is 30.0 Å². The fourth-order valence-electron chi connectivity index (χ4n) is 3.63. The number of nitrogens with two attached hydrogens (primary N) is 1. The molecule has 1 aliphatic heterocycles. The Balaban J connectivity index is 1.56. The van der Waals surface area contributed by atoms with Crippen LogP contribution in [0.5, 0.6) is 0 Å². The van der Waals surface area contributed by atoms with Gasteiger partial charge in [0.1, 0.15) is 17.2 Å². The third-order valence-corrected chi connectivity index (χ3v) is 5.05. The Morgan fingerprint density at radius 3 is 2.97 bits per heavy atom. The summed E-state index contributed by atoms with van der Waals surface area (Å²) in [6.45, 7) is 1.63. The van der Waals surface area contributed by atoms with Crippen LogP contribution in [0.25, 0.3) is 33.7 Å². The number of aromatic amines is 1. The number of rotatable bonds is 4. The minimum atomic E-state index is -0.406. The molecular weight excluding hydrogens is 373 g/mol. The average Bonchev–Trinajstić information content (AvgIpc) is 3.33. The summed E-state index contributed by atoms with van der Waals surface area (Å²) in [5.41, 5.74) is 9.26. The van der Waals surface area contributed by atoms with Crippen molar-refractivity contribution < 1.29 is 9.18 Å². The van der Waals surface area contributed by atoms with E-state index in [-0.39, 0.29) is 11.7 Å². The van der Waals surface area contributed by atoms with Gasteiger partial charge in [0.25, 0.3) is 5.91 Å². The van der Waals surface area contributed by atoms with Gasteiger partial charge in [0.15, 0.2) is 5.82 Å². The molecule has 0 aliphatic carbocycles. The molecule has 146 valence electrons. The topological polar surface area (TPSA) is 115 Å². The first-order chi connectivity index (χ1) is 14.1. The summed E-state index contributed by atoms with van der Waals surface area (Å²) in [7, 11) is 0. The van der Waals surface area contributed by atoms with Crippen LogP contribution in [0.1, 0.15) is 16.1 Å². The number of amides is 1. The number of aromatic nitrogens is 5. The van der Waals surface area contributed by atoms with Crippen LogP contribution >= 0.6 is 0 Å². The van der Waals surface area contributed by atoms with Crippen molar-refractivity contribution in [3.05, 3.63) is 53.7 Å². The zero-order valence-corrected chi connectivity index (χ0v) is 15.4. The van der Waals surface area contributed by atoms with Gasteiger partial charge in [-0.15, -0.1) is 0 Å². The SMILES string of the molecule is NCCc1c[nH]c2cc(-c3nccc(-c4cc5n(n4)CCNC5=O)n3)c(F)cc12. The molecule has 0 saturated heterocycles. The first kappa shape index (κ1) is 17.5. The molecule has 0 spiro atoms. The number of H-pyrrole nitrogens is 1. The van der Waals surface area contributed by atoms with E-state index in [9.17, 15) is 9.18 Å². The number of nitrogens with one attached hydrogen (secondary N) is 2. The third kappa shape index (κ3) is 2.95. The number of hydrogen-bond donors (Lipinski definition) is 3. The van der Waals surface area contributed by atoms with E-state index in [2.05, 4.69) is 25.4 Å². The van der Waals surface area contributed by atoms with Crippen LogP contribution in [0.2, 0.25) is 0 Å². The Hall–Kier alpha value is -3.59. The van der Waals surface area contributed by atoms with Gasteiger partial charge in [0, 0.05) is 29.8 Å². The van der Waals surface area contributed by atoms with Crippen LogP contribution in [0.3, 0.4) is 0 Å². The van der Waals surface area contributed by atoms with E-state index in [0.29, 0.717) is 48.7 Å². The van der Waals surface area contributed by atoms with Crippen LogP contribution in [-0.2, 0) is 13.0 Å². The highest BCUT2D eigenvalue weighted by atomic mass is 19.1. The Morgan fingerprint density at radius 2 is 2.14 bits per heavy atom. The van der Waals surface area contributed by atoms with Gasteiger partial charge in [-0.1, -0.05) is 0 Å². The maximum Gasteiger partial charge on any atom is 0.269 e. The largest absolute Gasteiger partial charge is 0.361 e. The maximum atomic E-state index is 14.9. The van der Waals surface area contributed by atoms with E-state index in [0.717, 1.165) is 16.5 Å². The van der Waals surface area contributed by atoms with Gasteiger partial charge < -0.3 is 16.0 Å². The van der Waals surface area contributed by atoms with Crippen LogP contribution < -0.4 is 11.1 Å². The molecule has 0 bridgehead atoms. The standard InChI is InChI=1S/C20H18FN7O/c21-14-7-12-11(1-3-22)10-25-16(12)8-13(14)19-23-4-2-15(26-19)17-9-18-20(29)24-5-6-28(18)27-17/h2,4,7-10,25H,1,3,5-6,22H2,(H,24,29). The molecule has 29 heavy (non-hydrogen) atoms. The summed E-state index contributed by atoms with van der Waals surface area (Å²) in [5.74, 6) is -0.316. The number of fused-ring (bicyclic) bond motifs is 2. The molecule has 1 amide bonds. The minimum Gasteiger partial charge on any atom is -0.361 e. The monoisotopic (exact) mass is 391 g/mol. The van der Waals surface area contributed by atoms with Gasteiger partial charge in [-0.25, -0.2) is 14.4 Å². The van der Waals surface area contributed by atoms with E-state index >= 15 is 0 Å². The molecule has 0 radical (unpaired) electrons. The summed E-state index contributed by atoms with van der Waals surface area (Å²) in [4.78, 5) is 23.9. The van der Waals surface area contributed by atoms with E-state index in [1.807, 2.05) is 6.20 Å². The molecule has 9 heteroatoms. The Morgan fingerprint density at radius 1 is 1.24 bits per heavy atom. The number of nitrogens with zero attached hydrogens (tertiary/aromatic N) is 4. The first-order valence-electron chi connectivity index (χ1n) is 9.33. The van der Waals surface area contributed by atoms with Crippen molar-refractivity contribution in [3.63, 3.8) is 0 Å². The predicted molar refractivity (Wildman–Crippen MR) is 106 cm³/mol. The van der Waals surface area contributed by atoms with Gasteiger partial charge in [-0.2, -0.15) is 5.10 Å². The molecule has 1 aromatic carbocycles. The Bertz CT molecular complexity index is 1240. The summed E-state index contributed by atoms with van der Waals surface area (Å²) in [5, 5.41) is 8.04. The van der Waals surface area contributed by atoms with Crippen molar-refractivity contribution in [1.29, 1.82) is 0 Å². The van der Waals surface area contributed by atoms with Crippen LogP contribution in [0.4, 0.5) is 4.39 Å². The van der Waals surface area contributed by atoms with Crippen LogP contribution in [-0.4, -0.2) is 43.7 Å². The lowest BCUT2D eigenvalue weighted by Gasteiger charge is -2.13. The highest BCUT2D eigenvalue weighted by Crippen LogP contribution is 2.28. The molecule has 4 aromatic rings. The number of hydrogen-bond acceptors (Lipinski definition) is 5. The van der Waals surface area contributed by atoms with Crippen molar-refractivity contribution in [3.8, 4) is 22.8 Å². The average molecular weight is 391 g/mol. The zero-order chi connectivity index (χ0) is 20.0. The molecule has 0 fully saturated rings. The van der Waals surface area contributed by atoms with Gasteiger partial charge in [-0.05, 0) is 42.8 Å². The lowest BCUT2D eigenvalue weighted by Crippen LogP contribution is -2.35. The second kappa shape index (κ2) is 6.78. The summed E-state index contributed by atoms with van der Waals surface area (Å²) >= 11 is 0. The molecule has 0 atom stereocenters. The number of carbonyl (C=O) groups is 1. The summed E-state index contributed by atoms with van der Waals surface area (Å²) in [6.07, 6.45) is 4.08. The fraction of sp³-hybridized carbons (Fsp3) is 0.200. The first-order valence-corrected chi connectivity index (χ1v) is 9.33. The van der Waals surface area contributed by atoms with Gasteiger partial charge in [0.05, 0.1) is 17.8 Å². The fourth-order valence-corrected chi connectivity index (χ4v) is 3.63. The molecule has 4 N–H and O–H groups in total. The second-order valence-electron chi connectivity index (χ2n) is 6.89. The van der Waals surface area contributed by atoms with Crippen molar-refractivity contribution in [2.24, 2.45) is 5.73 Å². The number of halogens is 1. The lowest BCUT2D eigenvalue weighted by atomic mass is 10.1. The Labute approximate surface area is 165 Å². The predicted octanol–water partition coefficient (Wildman–Crippen LogP) is 1.87. The molecule has 4 heterocycles. The van der Waals surface area contributed by atoms with Crippen molar-refractivity contribution in [2.75, 3.05) is 13.1 Å². The minimum absolute atomic E-state index is 0.166. The molecule has 5 rings (SSSR count). The molecule has 3 aromatic heterocycles. The van der Waals surface area contributed by atoms with Gasteiger partial charge in [-0.3, -0.25) is 9.48 Å². The van der Waals surface area contributed by atoms with Gasteiger partial charge >= 0.3 is 0 Å². The highest BCUT2D eigenvalue weighted by Gasteiger charge is 2.21. The second-order valence-corrected chi connectivity index (χ2v) is 6.89. The lowest BCUT2D eigenvalue weighted by molar-refractivity contribution is 0.0924. The van der Waals surface area contributed by atoms with Crippen molar-refractivity contribution >= 4 is 16.8 Å². The zero-order valence-electron chi connectivity index (χ0n) is 15.4. The quantitative estimate of drug-likeness (QED) is 0.491. The molecule has 8 nitrogen and oxygen atoms in total. The van der Waals surface area contributed by atoms with Gasteiger partial charge in [0.2, 0.25) is 0 Å². The van der Waals surface area contributed by atoms with E-state index in [4.69, 9.17) is 5.73 Å². The van der Waals surface area contributed by atoms with Crippen LogP contribution in [0, 0.1) is 5.82 Å². The van der Waals surface area contributed by atoms with Crippen LogP contribution in [0.15, 0.2) is 36.7 Å². The normalized spacial score (nSPS) is 13.5.